The highest BCUT2D eigenvalue weighted by Gasteiger charge is 2.41. The second-order valence-corrected chi connectivity index (χ2v) is 24.1. The maximum Gasteiger partial charge on any atom is 0.325 e. The molecule has 3 rings (SSSR count). The van der Waals surface area contributed by atoms with Gasteiger partial charge in [-0.15, -0.1) is 12.3 Å². The molecule has 1 aliphatic rings. The predicted molar refractivity (Wildman–Crippen MR) is 342 cm³/mol. The summed E-state index contributed by atoms with van der Waals surface area (Å²) in [6, 6.07) is -2.70. The molecule has 0 saturated carbocycles. The van der Waals surface area contributed by atoms with E-state index in [1.165, 1.54) is 47.9 Å². The molecule has 95 heavy (non-hydrogen) atoms. The number of carboxylic acid groups (broad SMARTS) is 2. The molecule has 20 N–H and O–H groups in total. The monoisotopic (exact) mass is 1370 g/mol. The van der Waals surface area contributed by atoms with Gasteiger partial charge in [0, 0.05) is 44.4 Å². The van der Waals surface area contributed by atoms with Crippen LogP contribution in [-0.4, -0.2) is 222 Å². The number of carboxylic acids is 2. The van der Waals surface area contributed by atoms with Crippen molar-refractivity contribution in [1.82, 2.24) is 52.8 Å². The fraction of sp³-hybridized carbons (Fsp3) is 0.517. The van der Waals surface area contributed by atoms with E-state index in [1.807, 2.05) is 0 Å². The van der Waals surface area contributed by atoms with E-state index >= 15 is 0 Å². The lowest BCUT2D eigenvalue weighted by Gasteiger charge is -2.31. The molecule has 520 valence electrons. The number of nitrogens with zero attached hydrogens (tertiary/aromatic N) is 1. The van der Waals surface area contributed by atoms with Gasteiger partial charge in [-0.2, -0.15) is 11.8 Å². The number of aliphatic hydroxyl groups is 2. The summed E-state index contributed by atoms with van der Waals surface area (Å²) in [6.45, 7) is 1.29. The van der Waals surface area contributed by atoms with Crippen LogP contribution in [0.4, 0.5) is 0 Å². The lowest BCUT2D eigenvalue weighted by Crippen LogP contribution is -2.62. The Morgan fingerprint density at radius 2 is 1.16 bits per heavy atom. The number of phenolic OH excluding ortho intramolecular Hbond substituents is 1. The number of likely N-dealkylation sites (tertiary alicyclic amines) is 1. The molecule has 1 heterocycles. The summed E-state index contributed by atoms with van der Waals surface area (Å²) in [6.07, 6.45) is 1.03. The molecule has 0 spiro atoms. The van der Waals surface area contributed by atoms with Crippen LogP contribution in [0.25, 0.3) is 0 Å². The van der Waals surface area contributed by atoms with Gasteiger partial charge in [-0.3, -0.25) is 71.9 Å². The maximum atomic E-state index is 14.5. The molecule has 1 fully saturated rings. The molecule has 33 nitrogen and oxygen atoms in total. The maximum absolute atomic E-state index is 14.5. The Morgan fingerprint density at radius 1 is 0.621 bits per heavy atom. The highest BCUT2D eigenvalue weighted by Crippen LogP contribution is 2.22. The second kappa shape index (κ2) is 40.7. The van der Waals surface area contributed by atoms with Gasteiger partial charge in [0.1, 0.15) is 66.2 Å². The summed E-state index contributed by atoms with van der Waals surface area (Å²) in [4.78, 5) is 199. The largest absolute Gasteiger partial charge is 0.508 e. The molecule has 0 unspecified atom stereocenters. The Hall–Kier alpha value is -9.37. The van der Waals surface area contributed by atoms with Crippen LogP contribution in [0.5, 0.6) is 5.75 Å². The Bertz CT molecular complexity index is 3100. The summed E-state index contributed by atoms with van der Waals surface area (Å²) in [7, 11) is 0. The number of thioether (sulfide) groups is 2. The molecular formula is C60H83N13O20S2. The van der Waals surface area contributed by atoms with Crippen molar-refractivity contribution in [2.45, 2.75) is 163 Å². The van der Waals surface area contributed by atoms with Gasteiger partial charge >= 0.3 is 11.9 Å². The summed E-state index contributed by atoms with van der Waals surface area (Å²) < 4.78 is 0. The summed E-state index contributed by atoms with van der Waals surface area (Å²) in [5.41, 5.74) is 18.4. The number of amides is 12. The zero-order valence-electron chi connectivity index (χ0n) is 52.4. The molecule has 1 saturated heterocycles. The number of rotatable bonds is 41. The van der Waals surface area contributed by atoms with Crippen molar-refractivity contribution >= 4 is 111 Å². The molecule has 1 aliphatic heterocycles. The number of benzene rings is 2. The minimum Gasteiger partial charge on any atom is -0.508 e. The predicted octanol–water partition coefficient (Wildman–Crippen LogP) is -5.23. The molecule has 2 aromatic rings. The number of terminal acetylenes is 1. The molecule has 12 atom stereocenters. The summed E-state index contributed by atoms with van der Waals surface area (Å²) in [5.74, 6) is -13.1. The van der Waals surface area contributed by atoms with Crippen LogP contribution in [0.3, 0.4) is 0 Å². The van der Waals surface area contributed by atoms with Crippen LogP contribution >= 0.6 is 23.5 Å². The number of phenols is 1. The normalized spacial score (nSPS) is 16.0. The van der Waals surface area contributed by atoms with Crippen molar-refractivity contribution in [1.29, 1.82) is 0 Å². The number of hydrogen-bond donors (Lipinski definition) is 17. The van der Waals surface area contributed by atoms with Gasteiger partial charge in [-0.1, -0.05) is 54.2 Å². The molecular weight excluding hydrogens is 1290 g/mol. The quantitative estimate of drug-likeness (QED) is 0.0277. The third kappa shape index (κ3) is 28.0. The molecule has 0 radical (unpaired) electrons. The van der Waals surface area contributed by atoms with E-state index in [-0.39, 0.29) is 62.3 Å². The number of aliphatic carboxylic acids is 2. The summed E-state index contributed by atoms with van der Waals surface area (Å²) in [5, 5.41) is 69.5. The molecule has 12 amide bonds. The number of nitrogens with two attached hydrogens (primary N) is 3. The average molecular weight is 1370 g/mol. The standard InChI is InChI=1S/C60H83N13O20S2/c1-5-10-37(51(83)71-43(30-74)60(93)95-26-23-47(79)64-31(2)59(91)92)65-52(84)39(19-21-48(80)81)66-53(85)40(22-25-94-4)68-57(89)49(32(3)75)72-54(86)38(18-20-45(62)77)67-55(87)41(29-46(63)78)69-56(88)44-13-9-24-73(44)58(90)42(28-34-14-16-35(76)17-15-34)70-50(82)36(61)27-33-11-7-6-8-12-33/h1,6-8,11-12,14-17,31-32,36-44,49,74-76H,9-10,13,18-30,61H2,2-4H3,(H2,62,77)(H2,63,78)(H,64,79)(H,65,84)(H,66,85)(H,67,87)(H,68,89)(H,69,88)(H,70,82)(H,71,83)(H,72,86)(H,80,81)(H,91,92)/t31-,32+,36-,37-,38-,39-,40-,41-,42-,43-,44-,49-/m0/s1. The van der Waals surface area contributed by atoms with Gasteiger partial charge in [0.15, 0.2) is 0 Å². The van der Waals surface area contributed by atoms with Crippen LogP contribution in [-0.2, 0) is 84.8 Å². The van der Waals surface area contributed by atoms with Crippen molar-refractivity contribution in [2.24, 2.45) is 17.2 Å². The fourth-order valence-corrected chi connectivity index (χ4v) is 10.6. The number of nitrogens with one attached hydrogen (secondary N) is 9. The van der Waals surface area contributed by atoms with Gasteiger partial charge in [0.25, 0.3) is 0 Å². The number of hydrogen-bond acceptors (Lipinski definition) is 21. The van der Waals surface area contributed by atoms with Gasteiger partial charge in [0.05, 0.1) is 25.2 Å². The van der Waals surface area contributed by atoms with Crippen LogP contribution in [0.1, 0.15) is 89.2 Å². The van der Waals surface area contributed by atoms with Crippen molar-refractivity contribution in [3.63, 3.8) is 0 Å². The highest BCUT2D eigenvalue weighted by molar-refractivity contribution is 8.13. The third-order valence-electron chi connectivity index (χ3n) is 14.5. The lowest BCUT2D eigenvalue weighted by molar-refractivity contribution is -0.142. The number of aromatic hydroxyl groups is 1. The average Bonchev–Trinajstić information content (AvgIpc) is 1.77. The van der Waals surface area contributed by atoms with Crippen molar-refractivity contribution < 1.29 is 97.5 Å². The first-order valence-electron chi connectivity index (χ1n) is 29.9. The van der Waals surface area contributed by atoms with Gasteiger partial charge in [0.2, 0.25) is 76.0 Å². The van der Waals surface area contributed by atoms with Gasteiger partial charge in [-0.05, 0) is 87.6 Å². The molecule has 0 bridgehead atoms. The van der Waals surface area contributed by atoms with Crippen LogP contribution < -0.4 is 65.1 Å². The number of carbonyl (C=O) groups excluding carboxylic acids is 13. The molecule has 35 heteroatoms. The van der Waals surface area contributed by atoms with Crippen molar-refractivity contribution in [3.8, 4) is 18.1 Å². The second-order valence-electron chi connectivity index (χ2n) is 22.0. The minimum absolute atomic E-state index is 0.00672. The smallest absolute Gasteiger partial charge is 0.325 e. The van der Waals surface area contributed by atoms with Crippen LogP contribution in [0.2, 0.25) is 0 Å². The third-order valence-corrected chi connectivity index (χ3v) is 16.1. The Kier molecular flexibility index (Phi) is 34.2. The SMILES string of the molecule is C#CC[C@H](NC(=O)[C@H](CCC(=O)O)NC(=O)[C@H](CCSC)NC(=O)[C@@H](NC(=O)[C@H](CCC(N)=O)NC(=O)[C@H](CC(N)=O)NC(=O)[C@@H]1CCCN1C(=O)[C@H](Cc1ccc(O)cc1)NC(=O)[C@@H](N)Cc1ccccc1)[C@@H](C)O)C(=O)N[C@@H](CO)C(=O)SCCC(=O)N[C@@H](C)C(=O)O. The molecule has 2 aromatic carbocycles. The highest BCUT2D eigenvalue weighted by atomic mass is 32.2. The van der Waals surface area contributed by atoms with Crippen molar-refractivity contribution in [2.75, 3.05) is 30.9 Å². The van der Waals surface area contributed by atoms with E-state index in [4.69, 9.17) is 28.7 Å². The Morgan fingerprint density at radius 3 is 1.72 bits per heavy atom. The number of primary amides is 2. The molecule has 0 aromatic heterocycles. The van der Waals surface area contributed by atoms with Gasteiger partial charge in [-0.25, -0.2) is 0 Å². The Balaban J connectivity index is 1.83. The van der Waals surface area contributed by atoms with Gasteiger partial charge < -0.3 is 95.5 Å². The lowest BCUT2D eigenvalue weighted by atomic mass is 10.0. The van der Waals surface area contributed by atoms with E-state index in [1.54, 1.807) is 36.6 Å². The first-order valence-corrected chi connectivity index (χ1v) is 32.3. The van der Waals surface area contributed by atoms with Crippen LogP contribution in [0, 0.1) is 12.3 Å². The van der Waals surface area contributed by atoms with Crippen molar-refractivity contribution in [3.05, 3.63) is 65.7 Å². The van der Waals surface area contributed by atoms with E-state index in [0.717, 1.165) is 12.5 Å². The topological polar surface area (TPSA) is 547 Å². The summed E-state index contributed by atoms with van der Waals surface area (Å²) >= 11 is 1.70. The van der Waals surface area contributed by atoms with E-state index in [9.17, 15) is 92.3 Å². The first kappa shape index (κ1) is 79.9. The van der Waals surface area contributed by atoms with E-state index in [0.29, 0.717) is 17.3 Å². The number of carbonyl (C=O) groups is 15. The number of aliphatic hydroxyl groups excluding tert-OH is 2. The van der Waals surface area contributed by atoms with E-state index < -0.39 is 206 Å². The molecule has 0 aliphatic carbocycles. The minimum atomic E-state index is -1.98. The zero-order chi connectivity index (χ0) is 71.1. The zero-order valence-corrected chi connectivity index (χ0v) is 54.0. The Labute approximate surface area is 554 Å². The van der Waals surface area contributed by atoms with E-state index in [2.05, 4.69) is 53.8 Å². The fourth-order valence-electron chi connectivity index (χ4n) is 9.32. The van der Waals surface area contributed by atoms with Crippen LogP contribution in [0.15, 0.2) is 54.6 Å². The first-order chi connectivity index (χ1) is 44.9.